The Morgan fingerprint density at radius 1 is 1.37 bits per heavy atom. The summed E-state index contributed by atoms with van der Waals surface area (Å²) in [6.45, 7) is 1.61. The number of aryl methyl sites for hydroxylation is 2. The van der Waals surface area contributed by atoms with Crippen LogP contribution in [0.2, 0.25) is 0 Å². The highest BCUT2D eigenvalue weighted by Crippen LogP contribution is 2.24. The van der Waals surface area contributed by atoms with Crippen LogP contribution in [-0.4, -0.2) is 25.6 Å². The number of aromatic nitrogens is 2. The van der Waals surface area contributed by atoms with E-state index < -0.39 is 10.7 Å². The third-order valence-electron chi connectivity index (χ3n) is 2.76. The second kappa shape index (κ2) is 4.52. The molecule has 19 heavy (non-hydrogen) atoms. The lowest BCUT2D eigenvalue weighted by Gasteiger charge is -2.00. The van der Waals surface area contributed by atoms with Crippen molar-refractivity contribution in [3.63, 3.8) is 0 Å². The van der Waals surface area contributed by atoms with Crippen LogP contribution in [0.4, 0.5) is 5.69 Å². The van der Waals surface area contributed by atoms with Crippen LogP contribution in [0.25, 0.3) is 0 Å². The van der Waals surface area contributed by atoms with Crippen molar-refractivity contribution in [3.05, 3.63) is 51.2 Å². The zero-order chi connectivity index (χ0) is 14.2. The van der Waals surface area contributed by atoms with Gasteiger partial charge in [0.05, 0.1) is 10.6 Å². The number of nitro benzene ring substituents is 1. The van der Waals surface area contributed by atoms with Gasteiger partial charge in [-0.2, -0.15) is 5.10 Å². The summed E-state index contributed by atoms with van der Waals surface area (Å²) in [5.74, 6) is -0.640. The first kappa shape index (κ1) is 12.7. The van der Waals surface area contributed by atoms with Crippen LogP contribution in [0.1, 0.15) is 21.6 Å². The van der Waals surface area contributed by atoms with Gasteiger partial charge in [-0.3, -0.25) is 14.9 Å². The van der Waals surface area contributed by atoms with Crippen LogP contribution < -0.4 is 0 Å². The molecule has 0 bridgehead atoms. The maximum absolute atomic E-state index is 12.2. The molecule has 0 amide bonds. The molecule has 98 valence electrons. The number of non-ortho nitro benzene ring substituents is 1. The predicted octanol–water partition coefficient (Wildman–Crippen LogP) is 1.57. The summed E-state index contributed by atoms with van der Waals surface area (Å²) in [6, 6.07) is 5.20. The van der Waals surface area contributed by atoms with Crippen LogP contribution in [-0.2, 0) is 7.05 Å². The van der Waals surface area contributed by atoms with Gasteiger partial charge in [0.25, 0.3) is 5.69 Å². The SMILES string of the molecule is Cc1nn(C)c(O)c1C(=O)c1ccc([N+](=O)[O-])cc1. The van der Waals surface area contributed by atoms with Gasteiger partial charge in [0.15, 0.2) is 5.78 Å². The van der Waals surface area contributed by atoms with Gasteiger partial charge in [0.2, 0.25) is 5.88 Å². The molecule has 1 N–H and O–H groups in total. The fourth-order valence-electron chi connectivity index (χ4n) is 1.79. The van der Waals surface area contributed by atoms with Crippen LogP contribution >= 0.6 is 0 Å². The number of hydrogen-bond acceptors (Lipinski definition) is 5. The number of rotatable bonds is 3. The van der Waals surface area contributed by atoms with Gasteiger partial charge in [-0.15, -0.1) is 0 Å². The lowest BCUT2D eigenvalue weighted by atomic mass is 10.0. The number of hydrogen-bond donors (Lipinski definition) is 1. The molecule has 0 aliphatic carbocycles. The molecule has 7 heteroatoms. The Labute approximate surface area is 108 Å². The minimum absolute atomic E-state index is 0.0938. The van der Waals surface area contributed by atoms with E-state index in [2.05, 4.69) is 5.10 Å². The molecule has 0 saturated heterocycles. The van der Waals surface area contributed by atoms with Crippen LogP contribution in [0.3, 0.4) is 0 Å². The summed E-state index contributed by atoms with van der Waals surface area (Å²) >= 11 is 0. The largest absolute Gasteiger partial charge is 0.493 e. The summed E-state index contributed by atoms with van der Waals surface area (Å²) < 4.78 is 1.20. The lowest BCUT2D eigenvalue weighted by Crippen LogP contribution is -2.02. The maximum Gasteiger partial charge on any atom is 0.269 e. The summed E-state index contributed by atoms with van der Waals surface area (Å²) in [5, 5.41) is 24.2. The Bertz CT molecular complexity index is 658. The third kappa shape index (κ3) is 2.17. The number of nitrogens with zero attached hydrogens (tertiary/aromatic N) is 3. The number of aromatic hydroxyl groups is 1. The molecular formula is C12H11N3O4. The second-order valence-electron chi connectivity index (χ2n) is 4.04. The molecule has 0 radical (unpaired) electrons. The average Bonchev–Trinajstić information content (AvgIpc) is 2.62. The molecule has 0 aliphatic rings. The number of carbonyl (C=O) groups excluding carboxylic acids is 1. The predicted molar refractivity (Wildman–Crippen MR) is 66.1 cm³/mol. The van der Waals surface area contributed by atoms with Gasteiger partial charge in [0, 0.05) is 24.7 Å². The smallest absolute Gasteiger partial charge is 0.269 e. The molecule has 0 saturated carbocycles. The van der Waals surface area contributed by atoms with Crippen molar-refractivity contribution in [1.82, 2.24) is 9.78 Å². The second-order valence-corrected chi connectivity index (χ2v) is 4.04. The first-order valence-electron chi connectivity index (χ1n) is 5.43. The first-order chi connectivity index (χ1) is 8.91. The topological polar surface area (TPSA) is 98.3 Å². The minimum atomic E-state index is -0.541. The number of carbonyl (C=O) groups is 1. The van der Waals surface area contributed by atoms with E-state index in [4.69, 9.17) is 0 Å². The van der Waals surface area contributed by atoms with E-state index in [0.717, 1.165) is 0 Å². The van der Waals surface area contributed by atoms with Gasteiger partial charge in [0.1, 0.15) is 5.56 Å². The average molecular weight is 261 g/mol. The molecule has 0 unspecified atom stereocenters. The molecule has 1 heterocycles. The fourth-order valence-corrected chi connectivity index (χ4v) is 1.79. The van der Waals surface area contributed by atoms with Crippen molar-refractivity contribution < 1.29 is 14.8 Å². The third-order valence-corrected chi connectivity index (χ3v) is 2.76. The molecule has 1 aromatic carbocycles. The molecular weight excluding hydrogens is 250 g/mol. The van der Waals surface area contributed by atoms with Crippen molar-refractivity contribution >= 4 is 11.5 Å². The van der Waals surface area contributed by atoms with Gasteiger partial charge in [-0.1, -0.05) is 0 Å². The molecule has 2 aromatic rings. The summed E-state index contributed by atoms with van der Waals surface area (Å²) in [4.78, 5) is 22.2. The van der Waals surface area contributed by atoms with Gasteiger partial charge >= 0.3 is 0 Å². The van der Waals surface area contributed by atoms with Crippen molar-refractivity contribution in [2.45, 2.75) is 6.92 Å². The Morgan fingerprint density at radius 2 is 1.95 bits per heavy atom. The van der Waals surface area contributed by atoms with Gasteiger partial charge in [-0.05, 0) is 19.1 Å². The Balaban J connectivity index is 2.41. The first-order valence-corrected chi connectivity index (χ1v) is 5.43. The molecule has 2 rings (SSSR count). The van der Waals surface area contributed by atoms with E-state index in [-0.39, 0.29) is 22.7 Å². The van der Waals surface area contributed by atoms with Crippen molar-refractivity contribution in [2.24, 2.45) is 7.05 Å². The van der Waals surface area contributed by atoms with Gasteiger partial charge in [-0.25, -0.2) is 4.68 Å². The maximum atomic E-state index is 12.2. The Hall–Kier alpha value is -2.70. The standard InChI is InChI=1S/C12H11N3O4/c1-7-10(12(17)14(2)13-7)11(16)8-3-5-9(6-4-8)15(18)19/h3-6,17H,1-2H3. The number of nitro groups is 1. The van der Waals surface area contributed by atoms with Gasteiger partial charge < -0.3 is 5.11 Å². The van der Waals surface area contributed by atoms with Crippen LogP contribution in [0, 0.1) is 17.0 Å². The highest BCUT2D eigenvalue weighted by atomic mass is 16.6. The molecule has 0 aliphatic heterocycles. The Morgan fingerprint density at radius 3 is 2.37 bits per heavy atom. The highest BCUT2D eigenvalue weighted by molar-refractivity contribution is 6.11. The highest BCUT2D eigenvalue weighted by Gasteiger charge is 2.21. The van der Waals surface area contributed by atoms with Crippen LogP contribution in [0.5, 0.6) is 5.88 Å². The number of ketones is 1. The van der Waals surface area contributed by atoms with E-state index >= 15 is 0 Å². The molecule has 0 spiro atoms. The fraction of sp³-hybridized carbons (Fsp3) is 0.167. The molecule has 0 atom stereocenters. The van der Waals surface area contributed by atoms with E-state index in [9.17, 15) is 20.0 Å². The Kier molecular flexibility index (Phi) is 3.04. The summed E-state index contributed by atoms with van der Waals surface area (Å²) in [6.07, 6.45) is 0. The van der Waals surface area contributed by atoms with Crippen molar-refractivity contribution in [2.75, 3.05) is 0 Å². The zero-order valence-electron chi connectivity index (χ0n) is 10.3. The normalized spacial score (nSPS) is 10.4. The van der Waals surface area contributed by atoms with E-state index in [1.807, 2.05) is 0 Å². The quantitative estimate of drug-likeness (QED) is 0.513. The zero-order valence-corrected chi connectivity index (χ0v) is 10.3. The summed E-state index contributed by atoms with van der Waals surface area (Å²) in [7, 11) is 1.52. The van der Waals surface area contributed by atoms with E-state index in [0.29, 0.717) is 5.69 Å². The lowest BCUT2D eigenvalue weighted by molar-refractivity contribution is -0.384. The van der Waals surface area contributed by atoms with E-state index in [1.165, 1.54) is 36.0 Å². The minimum Gasteiger partial charge on any atom is -0.493 e. The van der Waals surface area contributed by atoms with Crippen molar-refractivity contribution in [1.29, 1.82) is 0 Å². The molecule has 1 aromatic heterocycles. The summed E-state index contributed by atoms with van der Waals surface area (Å²) in [5.41, 5.74) is 0.681. The van der Waals surface area contributed by atoms with E-state index in [1.54, 1.807) is 6.92 Å². The van der Waals surface area contributed by atoms with Crippen LogP contribution in [0.15, 0.2) is 24.3 Å². The number of benzene rings is 1. The molecule has 7 nitrogen and oxygen atoms in total. The van der Waals surface area contributed by atoms with Crippen molar-refractivity contribution in [3.8, 4) is 5.88 Å². The monoisotopic (exact) mass is 261 g/mol. The molecule has 0 fully saturated rings.